The van der Waals surface area contributed by atoms with Crippen LogP contribution in [0.5, 0.6) is 0 Å². The molecule has 29 heavy (non-hydrogen) atoms. The molecule has 2 fully saturated rings. The first kappa shape index (κ1) is 18.2. The van der Waals surface area contributed by atoms with Gasteiger partial charge in [0, 0.05) is 18.7 Å². The largest absolute Gasteiger partial charge is 0.352 e. The molecule has 6 nitrogen and oxygen atoms in total. The Balaban J connectivity index is 1.21. The van der Waals surface area contributed by atoms with Gasteiger partial charge in [-0.2, -0.15) is 0 Å². The van der Waals surface area contributed by atoms with Crippen LogP contribution in [-0.4, -0.2) is 41.4 Å². The monoisotopic (exact) mass is 391 g/mol. The van der Waals surface area contributed by atoms with Gasteiger partial charge in [0.25, 0.3) is 11.8 Å². The van der Waals surface area contributed by atoms with E-state index in [-0.39, 0.29) is 17.8 Å². The number of nitrogens with one attached hydrogen (secondary N) is 2. The molecule has 6 heteroatoms. The Morgan fingerprint density at radius 1 is 1.07 bits per heavy atom. The van der Waals surface area contributed by atoms with Crippen LogP contribution < -0.4 is 10.6 Å². The predicted molar refractivity (Wildman–Crippen MR) is 110 cm³/mol. The third kappa shape index (κ3) is 2.89. The van der Waals surface area contributed by atoms with E-state index < -0.39 is 5.54 Å². The molecule has 0 radical (unpaired) electrons. The molecule has 1 saturated heterocycles. The second-order valence-corrected chi connectivity index (χ2v) is 8.40. The van der Waals surface area contributed by atoms with Crippen LogP contribution in [0.25, 0.3) is 10.8 Å². The van der Waals surface area contributed by atoms with Gasteiger partial charge >= 0.3 is 6.03 Å². The minimum Gasteiger partial charge on any atom is -0.352 e. The van der Waals surface area contributed by atoms with Crippen molar-refractivity contribution >= 4 is 28.6 Å². The second kappa shape index (κ2) is 6.87. The van der Waals surface area contributed by atoms with Crippen LogP contribution in [0.3, 0.4) is 0 Å². The van der Waals surface area contributed by atoms with Crippen molar-refractivity contribution in [2.24, 2.45) is 0 Å². The highest BCUT2D eigenvalue weighted by molar-refractivity contribution is 6.09. The summed E-state index contributed by atoms with van der Waals surface area (Å²) in [4.78, 5) is 39.0. The van der Waals surface area contributed by atoms with E-state index in [1.165, 1.54) is 21.4 Å². The lowest BCUT2D eigenvalue weighted by molar-refractivity contribution is -0.131. The number of imide groups is 1. The number of hydrogen-bond acceptors (Lipinski definition) is 3. The van der Waals surface area contributed by atoms with Crippen molar-refractivity contribution in [3.8, 4) is 0 Å². The van der Waals surface area contributed by atoms with Crippen LogP contribution in [0.2, 0.25) is 0 Å². The molecule has 0 aromatic heterocycles. The van der Waals surface area contributed by atoms with Gasteiger partial charge in [0.05, 0.1) is 0 Å². The summed E-state index contributed by atoms with van der Waals surface area (Å²) < 4.78 is 0. The Morgan fingerprint density at radius 3 is 2.62 bits per heavy atom. The van der Waals surface area contributed by atoms with Crippen molar-refractivity contribution in [3.63, 3.8) is 0 Å². The SMILES string of the molecule is O=C(NCCCN1C(=O)NC2(CCCC2)C1=O)c1ccc2c3c(cccc13)CC2. The van der Waals surface area contributed by atoms with E-state index in [1.807, 2.05) is 18.2 Å². The lowest BCUT2D eigenvalue weighted by Gasteiger charge is -2.20. The molecule has 4 amide bonds. The summed E-state index contributed by atoms with van der Waals surface area (Å²) in [5.41, 5.74) is 2.65. The maximum absolute atomic E-state index is 12.8. The summed E-state index contributed by atoms with van der Waals surface area (Å²) >= 11 is 0. The first-order chi connectivity index (χ1) is 14.1. The molecule has 1 aliphatic heterocycles. The highest BCUT2D eigenvalue weighted by atomic mass is 16.2. The summed E-state index contributed by atoms with van der Waals surface area (Å²) in [5.74, 6) is -0.205. The highest BCUT2D eigenvalue weighted by Crippen LogP contribution is 2.35. The Hall–Kier alpha value is -2.89. The van der Waals surface area contributed by atoms with Gasteiger partial charge in [-0.15, -0.1) is 0 Å². The molecule has 2 aromatic carbocycles. The zero-order valence-corrected chi connectivity index (χ0v) is 16.4. The van der Waals surface area contributed by atoms with Gasteiger partial charge in [-0.3, -0.25) is 14.5 Å². The number of rotatable bonds is 5. The predicted octanol–water partition coefficient (Wildman–Crippen LogP) is 2.92. The van der Waals surface area contributed by atoms with E-state index in [9.17, 15) is 14.4 Å². The van der Waals surface area contributed by atoms with Crippen LogP contribution in [0, 0.1) is 0 Å². The van der Waals surface area contributed by atoms with Gasteiger partial charge in [0.2, 0.25) is 0 Å². The average molecular weight is 391 g/mol. The average Bonchev–Trinajstić information content (AvgIpc) is 3.41. The Labute approximate surface area is 169 Å². The van der Waals surface area contributed by atoms with E-state index in [2.05, 4.69) is 22.8 Å². The van der Waals surface area contributed by atoms with Gasteiger partial charge in [0.15, 0.2) is 0 Å². The maximum Gasteiger partial charge on any atom is 0.325 e. The molecule has 0 atom stereocenters. The first-order valence-electron chi connectivity index (χ1n) is 10.5. The number of benzene rings is 2. The smallest absolute Gasteiger partial charge is 0.325 e. The van der Waals surface area contributed by atoms with E-state index in [0.29, 0.717) is 25.1 Å². The molecule has 0 bridgehead atoms. The summed E-state index contributed by atoms with van der Waals surface area (Å²) in [6.45, 7) is 0.752. The Kier molecular flexibility index (Phi) is 4.30. The third-order valence-electron chi connectivity index (χ3n) is 6.67. The molecule has 3 aliphatic rings. The van der Waals surface area contributed by atoms with Gasteiger partial charge in [-0.1, -0.05) is 37.1 Å². The Bertz CT molecular complexity index is 1010. The molecular formula is C23H25N3O3. The van der Waals surface area contributed by atoms with Crippen molar-refractivity contribution in [1.82, 2.24) is 15.5 Å². The number of amides is 4. The van der Waals surface area contributed by atoms with Crippen molar-refractivity contribution in [2.45, 2.75) is 50.5 Å². The van der Waals surface area contributed by atoms with Crippen molar-refractivity contribution in [2.75, 3.05) is 13.1 Å². The van der Waals surface area contributed by atoms with Crippen LogP contribution in [0.1, 0.15) is 53.6 Å². The standard InChI is InChI=1S/C23H25N3O3/c27-20(18-10-9-16-8-7-15-5-3-6-17(18)19(15)16)24-13-4-14-26-21(28)23(25-22(26)29)11-1-2-12-23/h3,5-6,9-10H,1-2,4,7-8,11-14H2,(H,24,27)(H,25,29). The molecule has 0 unspecified atom stereocenters. The fraction of sp³-hybridized carbons (Fsp3) is 0.435. The fourth-order valence-corrected chi connectivity index (χ4v) is 5.18. The lowest BCUT2D eigenvalue weighted by Crippen LogP contribution is -2.44. The van der Waals surface area contributed by atoms with Gasteiger partial charge in [0.1, 0.15) is 5.54 Å². The molecule has 2 aliphatic carbocycles. The molecule has 5 rings (SSSR count). The van der Waals surface area contributed by atoms with Crippen molar-refractivity contribution in [1.29, 1.82) is 0 Å². The molecule has 1 heterocycles. The molecule has 1 saturated carbocycles. The molecule has 2 N–H and O–H groups in total. The summed E-state index contributed by atoms with van der Waals surface area (Å²) in [7, 11) is 0. The summed E-state index contributed by atoms with van der Waals surface area (Å²) in [6.07, 6.45) is 6.03. The molecular weight excluding hydrogens is 366 g/mol. The van der Waals surface area contributed by atoms with E-state index in [1.54, 1.807) is 0 Å². The molecule has 1 spiro atoms. The zero-order chi connectivity index (χ0) is 20.0. The normalized spacial score (nSPS) is 19.4. The van der Waals surface area contributed by atoms with Crippen LogP contribution >= 0.6 is 0 Å². The topological polar surface area (TPSA) is 78.5 Å². The fourth-order valence-electron chi connectivity index (χ4n) is 5.18. The summed E-state index contributed by atoms with van der Waals surface area (Å²) in [6, 6.07) is 9.83. The quantitative estimate of drug-likeness (QED) is 0.608. The first-order valence-corrected chi connectivity index (χ1v) is 10.5. The van der Waals surface area contributed by atoms with E-state index in [0.717, 1.165) is 43.9 Å². The van der Waals surface area contributed by atoms with Crippen LogP contribution in [0.15, 0.2) is 30.3 Å². The van der Waals surface area contributed by atoms with E-state index >= 15 is 0 Å². The van der Waals surface area contributed by atoms with Gasteiger partial charge in [-0.25, -0.2) is 4.79 Å². The number of urea groups is 1. The third-order valence-corrected chi connectivity index (χ3v) is 6.67. The number of aryl methyl sites for hydroxylation is 2. The lowest BCUT2D eigenvalue weighted by atomic mass is 9.98. The Morgan fingerprint density at radius 2 is 1.83 bits per heavy atom. The van der Waals surface area contributed by atoms with Gasteiger partial charge in [-0.05, 0) is 60.1 Å². The molecule has 2 aromatic rings. The minimum absolute atomic E-state index is 0.0983. The van der Waals surface area contributed by atoms with Crippen molar-refractivity contribution < 1.29 is 14.4 Å². The number of hydrogen-bond donors (Lipinski definition) is 2. The number of carbonyl (C=O) groups excluding carboxylic acids is 3. The molecule has 150 valence electrons. The number of carbonyl (C=O) groups is 3. The summed E-state index contributed by atoms with van der Waals surface area (Å²) in [5, 5.41) is 8.08. The van der Waals surface area contributed by atoms with E-state index in [4.69, 9.17) is 0 Å². The minimum atomic E-state index is -0.662. The van der Waals surface area contributed by atoms with Gasteiger partial charge < -0.3 is 10.6 Å². The number of nitrogens with zero attached hydrogens (tertiary/aromatic N) is 1. The van der Waals surface area contributed by atoms with Crippen LogP contribution in [0.4, 0.5) is 4.79 Å². The van der Waals surface area contributed by atoms with Crippen LogP contribution in [-0.2, 0) is 17.6 Å². The van der Waals surface area contributed by atoms with Crippen molar-refractivity contribution in [3.05, 3.63) is 47.0 Å². The second-order valence-electron chi connectivity index (χ2n) is 8.40. The maximum atomic E-state index is 12.8. The highest BCUT2D eigenvalue weighted by Gasteiger charge is 2.51. The zero-order valence-electron chi connectivity index (χ0n) is 16.4.